The Labute approximate surface area is 166 Å². The second kappa shape index (κ2) is 6.58. The van der Waals surface area contributed by atoms with E-state index >= 15 is 0 Å². The van der Waals surface area contributed by atoms with Crippen LogP contribution < -0.4 is 74.4 Å². The summed E-state index contributed by atoms with van der Waals surface area (Å²) in [7, 11) is 0. The summed E-state index contributed by atoms with van der Waals surface area (Å²) in [4.78, 5) is 0. The molecule has 0 fully saturated rings. The molecule has 1 nitrogen and oxygen atoms in total. The van der Waals surface area contributed by atoms with Gasteiger partial charge in [0.2, 0.25) is 0 Å². The number of nitriles is 1. The van der Waals surface area contributed by atoms with Crippen molar-refractivity contribution in [3.05, 3.63) is 29.3 Å². The zero-order chi connectivity index (χ0) is 15.1. The molecule has 1 aromatic carbocycles. The number of benzene rings is 1. The monoisotopic (exact) mass is 421 g/mol. The molecule has 1 rings (SSSR count). The van der Waals surface area contributed by atoms with Crippen molar-refractivity contribution >= 4 is 12.2 Å². The molecule has 0 spiro atoms. The van der Waals surface area contributed by atoms with Crippen LogP contribution in [0.5, 0.6) is 0 Å². The van der Waals surface area contributed by atoms with Gasteiger partial charge in [-0.05, 0) is 6.07 Å². The summed E-state index contributed by atoms with van der Waals surface area (Å²) in [6.07, 6.45) is -10.4. The van der Waals surface area contributed by atoms with Crippen molar-refractivity contribution in [1.82, 2.24) is 0 Å². The van der Waals surface area contributed by atoms with E-state index in [-0.39, 0.29) is 87.1 Å². The number of alkyl halides is 6. The second-order valence-corrected chi connectivity index (χ2v) is 3.63. The fourth-order valence-electron chi connectivity index (χ4n) is 1.26. The predicted octanol–water partition coefficient (Wildman–Crippen LogP) is 0.379. The molecule has 0 aliphatic heterocycles. The van der Waals surface area contributed by atoms with E-state index in [1.54, 1.807) is 0 Å². The minimum atomic E-state index is -5.22. The third-order valence-electron chi connectivity index (χ3n) is 2.19. The normalized spacial score (nSPS) is 12.6. The summed E-state index contributed by atoms with van der Waals surface area (Å²) >= 11 is 0. The van der Waals surface area contributed by atoms with Gasteiger partial charge in [-0.25, -0.2) is 5.26 Å². The number of rotatable bonds is 1. The molecular weight excluding hydrogens is 418 g/mol. The van der Waals surface area contributed by atoms with E-state index in [9.17, 15) is 35.0 Å². The van der Waals surface area contributed by atoms with E-state index in [0.717, 1.165) is 0 Å². The van der Waals surface area contributed by atoms with Gasteiger partial charge >= 0.3 is 87.9 Å². The molecule has 0 atom stereocenters. The molecule has 0 N–H and O–H groups in total. The minimum absolute atomic E-state index is 0. The van der Waals surface area contributed by atoms with Gasteiger partial charge < -0.3 is 8.63 Å². The molecule has 0 bridgehead atoms. The first-order valence-electron chi connectivity index (χ1n) is 4.60. The minimum Gasteiger partial charge on any atom is -0.461 e. The Morgan fingerprint density at radius 2 is 1.20 bits per heavy atom. The molecule has 20 heavy (non-hydrogen) atoms. The molecule has 0 heterocycles. The van der Waals surface area contributed by atoms with Crippen LogP contribution in [0.3, 0.4) is 0 Å². The third-order valence-corrected chi connectivity index (χ3v) is 2.19. The Balaban J connectivity index is 0.00000361. The average Bonchev–Trinajstić information content (AvgIpc) is 2.26. The van der Waals surface area contributed by atoms with E-state index in [1.165, 1.54) is 0 Å². The average molecular weight is 421 g/mol. The van der Waals surface area contributed by atoms with E-state index in [0.29, 0.717) is 5.97 Å². The van der Waals surface area contributed by atoms with Crippen LogP contribution >= 0.6 is 0 Å². The summed E-state index contributed by atoms with van der Waals surface area (Å²) in [5.74, 6) is 0.409. The Morgan fingerprint density at radius 3 is 1.45 bits per heavy atom. The van der Waals surface area contributed by atoms with E-state index < -0.39 is 35.6 Å². The molecule has 0 saturated heterocycles. The van der Waals surface area contributed by atoms with Crippen molar-refractivity contribution in [2.45, 2.75) is 12.4 Å². The molecule has 11 heteroatoms. The first-order valence-corrected chi connectivity index (χ1v) is 4.60. The summed E-state index contributed by atoms with van der Waals surface area (Å²) < 4.78 is 100. The molecule has 0 aromatic heterocycles. The molecule has 0 unspecified atom stereocenters. The number of hydrogen-bond acceptors (Lipinski definition) is 1. The zero-order valence-corrected chi connectivity index (χ0v) is 16.1. The van der Waals surface area contributed by atoms with Crippen molar-refractivity contribution in [2.75, 3.05) is 0 Å². The van der Waals surface area contributed by atoms with Gasteiger partial charge in [0.15, 0.2) is 0 Å². The number of halogens is 8. The summed E-state index contributed by atoms with van der Waals surface area (Å²) in [6.45, 7) is -5.13. The maximum Gasteiger partial charge on any atom is 1.00 e. The SMILES string of the molecule is N#C[B-](F)(F)c1cc(C(F)(F)F)cc(C(F)(F)F)c1.[Cs+]. The molecule has 0 aliphatic carbocycles. The number of nitrogens with zero attached hydrogens (tertiary/aromatic N) is 1. The van der Waals surface area contributed by atoms with Crippen molar-refractivity contribution < 1.29 is 104 Å². The van der Waals surface area contributed by atoms with Gasteiger partial charge in [-0.15, -0.1) is 5.46 Å². The molecular formula is C9H3BCsF8N. The fraction of sp³-hybridized carbons (Fsp3) is 0.222. The van der Waals surface area contributed by atoms with Crippen LogP contribution in [0.1, 0.15) is 11.1 Å². The van der Waals surface area contributed by atoms with E-state index in [4.69, 9.17) is 5.26 Å². The van der Waals surface area contributed by atoms with E-state index in [2.05, 4.69) is 0 Å². The second-order valence-electron chi connectivity index (χ2n) is 3.63. The Bertz CT molecular complexity index is 498. The van der Waals surface area contributed by atoms with Crippen molar-refractivity contribution in [3.63, 3.8) is 0 Å². The summed E-state index contributed by atoms with van der Waals surface area (Å²) in [5.41, 5.74) is -5.35. The van der Waals surface area contributed by atoms with Crippen LogP contribution in [0.15, 0.2) is 18.2 Å². The quantitative estimate of drug-likeness (QED) is 0.476. The molecule has 104 valence electrons. The predicted molar refractivity (Wildman–Crippen MR) is 49.7 cm³/mol. The van der Waals surface area contributed by atoms with Crippen LogP contribution in [0.4, 0.5) is 35.0 Å². The third kappa shape index (κ3) is 4.92. The molecule has 0 saturated carbocycles. The van der Waals surface area contributed by atoms with Gasteiger partial charge in [0.05, 0.1) is 11.1 Å². The largest absolute Gasteiger partial charge is 1.00 e. The zero-order valence-electron chi connectivity index (χ0n) is 9.78. The Hall–Kier alpha value is 0.267. The topological polar surface area (TPSA) is 23.8 Å². The summed E-state index contributed by atoms with van der Waals surface area (Å²) in [5, 5.41) is 8.10. The molecule has 0 aliphatic rings. The van der Waals surface area contributed by atoms with Crippen molar-refractivity contribution in [3.8, 4) is 5.97 Å². The van der Waals surface area contributed by atoms with Gasteiger partial charge in [-0.3, -0.25) is 0 Å². The fourth-order valence-corrected chi connectivity index (χ4v) is 1.26. The molecule has 0 amide bonds. The van der Waals surface area contributed by atoms with Crippen molar-refractivity contribution in [1.29, 1.82) is 5.26 Å². The Kier molecular flexibility index (Phi) is 6.66. The smallest absolute Gasteiger partial charge is 0.461 e. The molecule has 0 radical (unpaired) electrons. The van der Waals surface area contributed by atoms with Crippen LogP contribution in [0, 0.1) is 11.2 Å². The maximum atomic E-state index is 13.0. The van der Waals surface area contributed by atoms with Crippen LogP contribution in [-0.4, -0.2) is 6.70 Å². The first-order chi connectivity index (χ1) is 8.38. The Morgan fingerprint density at radius 1 is 0.850 bits per heavy atom. The van der Waals surface area contributed by atoms with Crippen LogP contribution in [0.2, 0.25) is 0 Å². The van der Waals surface area contributed by atoms with Gasteiger partial charge in [-0.1, -0.05) is 18.1 Å². The van der Waals surface area contributed by atoms with Crippen LogP contribution in [-0.2, 0) is 12.4 Å². The van der Waals surface area contributed by atoms with Gasteiger partial charge in [0.1, 0.15) is 0 Å². The van der Waals surface area contributed by atoms with Gasteiger partial charge in [0, 0.05) is 0 Å². The van der Waals surface area contributed by atoms with Crippen molar-refractivity contribution in [2.24, 2.45) is 0 Å². The first kappa shape index (κ1) is 20.3. The standard InChI is InChI=1S/C9H3BF8N.Cs/c11-8(12,13)5-1-6(9(14,15)16)3-7(2-5)10(17,18)4-19;/h1-3H;/q-1;+1. The van der Waals surface area contributed by atoms with E-state index in [1.807, 2.05) is 0 Å². The summed E-state index contributed by atoms with van der Waals surface area (Å²) in [6, 6.07) is -0.593. The molecule has 1 aromatic rings. The maximum absolute atomic E-state index is 13.0. The number of hydrogen-bond donors (Lipinski definition) is 0. The van der Waals surface area contributed by atoms with Gasteiger partial charge in [0.25, 0.3) is 0 Å². The van der Waals surface area contributed by atoms with Gasteiger partial charge in [-0.2, -0.15) is 26.3 Å². The van der Waals surface area contributed by atoms with Crippen LogP contribution in [0.25, 0.3) is 0 Å².